The van der Waals surface area contributed by atoms with E-state index in [1.165, 1.54) is 24.3 Å². The van der Waals surface area contributed by atoms with E-state index in [4.69, 9.17) is 4.74 Å². The summed E-state index contributed by atoms with van der Waals surface area (Å²) in [6.45, 7) is 2.47. The molecule has 1 aliphatic heterocycles. The van der Waals surface area contributed by atoms with Crippen LogP contribution in [0.5, 0.6) is 5.75 Å². The molecule has 0 unspecified atom stereocenters. The second kappa shape index (κ2) is 9.32. The van der Waals surface area contributed by atoms with Crippen LogP contribution >= 0.6 is 12.4 Å². The Bertz CT molecular complexity index is 516. The monoisotopic (exact) mass is 343 g/mol. The highest BCUT2D eigenvalue weighted by molar-refractivity contribution is 5.85. The van der Waals surface area contributed by atoms with E-state index < -0.39 is 4.92 Å². The van der Waals surface area contributed by atoms with Gasteiger partial charge >= 0.3 is 0 Å². The van der Waals surface area contributed by atoms with Crippen LogP contribution in [0.3, 0.4) is 0 Å². The van der Waals surface area contributed by atoms with E-state index in [0.717, 1.165) is 32.5 Å². The summed E-state index contributed by atoms with van der Waals surface area (Å²) in [4.78, 5) is 24.0. The summed E-state index contributed by atoms with van der Waals surface area (Å²) >= 11 is 0. The van der Waals surface area contributed by atoms with E-state index in [1.807, 2.05) is 11.9 Å². The first-order valence-corrected chi connectivity index (χ1v) is 7.39. The van der Waals surface area contributed by atoms with Gasteiger partial charge < -0.3 is 15.0 Å². The molecule has 1 N–H and O–H groups in total. The normalized spacial score (nSPS) is 14.9. The van der Waals surface area contributed by atoms with Gasteiger partial charge in [-0.15, -0.1) is 12.4 Å². The van der Waals surface area contributed by atoms with E-state index >= 15 is 0 Å². The summed E-state index contributed by atoms with van der Waals surface area (Å²) in [6.07, 6.45) is 2.01. The number of hydrogen-bond acceptors (Lipinski definition) is 5. The van der Waals surface area contributed by atoms with Gasteiger partial charge in [-0.25, -0.2) is 0 Å². The highest BCUT2D eigenvalue weighted by Gasteiger charge is 2.22. The van der Waals surface area contributed by atoms with E-state index in [2.05, 4.69) is 5.32 Å². The van der Waals surface area contributed by atoms with Crippen LogP contribution in [0.4, 0.5) is 5.69 Å². The summed E-state index contributed by atoms with van der Waals surface area (Å²) in [5, 5.41) is 13.7. The van der Waals surface area contributed by atoms with Crippen molar-refractivity contribution >= 4 is 24.0 Å². The van der Waals surface area contributed by atoms with Crippen LogP contribution in [-0.4, -0.2) is 49.0 Å². The molecule has 0 atom stereocenters. The second-order valence-corrected chi connectivity index (χ2v) is 5.42. The third-order valence-electron chi connectivity index (χ3n) is 3.87. The number of nitro groups is 1. The summed E-state index contributed by atoms with van der Waals surface area (Å²) in [5.74, 6) is 1.05. The number of carbonyl (C=O) groups excluding carboxylic acids is 1. The molecule has 1 aliphatic rings. The minimum absolute atomic E-state index is 0. The molecule has 0 saturated carbocycles. The van der Waals surface area contributed by atoms with Crippen molar-refractivity contribution in [2.45, 2.75) is 12.8 Å². The van der Waals surface area contributed by atoms with Gasteiger partial charge in [0.15, 0.2) is 6.61 Å². The van der Waals surface area contributed by atoms with Gasteiger partial charge in [0, 0.05) is 25.2 Å². The average Bonchev–Trinajstić information content (AvgIpc) is 2.54. The van der Waals surface area contributed by atoms with Crippen LogP contribution < -0.4 is 10.1 Å². The van der Waals surface area contributed by atoms with Crippen molar-refractivity contribution in [3.63, 3.8) is 0 Å². The number of non-ortho nitro benzene ring substituents is 1. The van der Waals surface area contributed by atoms with Crippen LogP contribution in [0.25, 0.3) is 0 Å². The van der Waals surface area contributed by atoms with Gasteiger partial charge in [0.05, 0.1) is 4.92 Å². The molecule has 0 bridgehead atoms. The maximum absolute atomic E-state index is 12.1. The lowest BCUT2D eigenvalue weighted by molar-refractivity contribution is -0.384. The van der Waals surface area contributed by atoms with Crippen molar-refractivity contribution in [2.24, 2.45) is 5.92 Å². The van der Waals surface area contributed by atoms with Gasteiger partial charge in [0.25, 0.3) is 11.6 Å². The number of carbonyl (C=O) groups is 1. The molecule has 8 heteroatoms. The minimum Gasteiger partial charge on any atom is -0.484 e. The molecule has 7 nitrogen and oxygen atoms in total. The molecule has 0 spiro atoms. The van der Waals surface area contributed by atoms with Crippen LogP contribution in [0.2, 0.25) is 0 Å². The van der Waals surface area contributed by atoms with Gasteiger partial charge in [-0.05, 0) is 44.5 Å². The lowest BCUT2D eigenvalue weighted by Gasteiger charge is -2.31. The number of halogens is 1. The number of nitrogens with one attached hydrogen (secondary N) is 1. The van der Waals surface area contributed by atoms with Crippen LogP contribution in [0.1, 0.15) is 12.8 Å². The van der Waals surface area contributed by atoms with Crippen molar-refractivity contribution in [1.82, 2.24) is 10.2 Å². The molecule has 0 aromatic heterocycles. The highest BCUT2D eigenvalue weighted by Crippen LogP contribution is 2.19. The molecule has 1 aromatic rings. The second-order valence-electron chi connectivity index (χ2n) is 5.42. The Balaban J connectivity index is 0.00000264. The fourth-order valence-electron chi connectivity index (χ4n) is 2.58. The zero-order chi connectivity index (χ0) is 15.9. The minimum atomic E-state index is -0.468. The van der Waals surface area contributed by atoms with Crippen molar-refractivity contribution in [3.8, 4) is 5.75 Å². The predicted molar refractivity (Wildman–Crippen MR) is 89.1 cm³/mol. The summed E-state index contributed by atoms with van der Waals surface area (Å²) < 4.78 is 5.40. The molecule has 2 rings (SSSR count). The first-order chi connectivity index (χ1) is 10.6. The van der Waals surface area contributed by atoms with Gasteiger partial charge in [0.2, 0.25) is 0 Å². The maximum Gasteiger partial charge on any atom is 0.269 e. The number of likely N-dealkylation sites (tertiary alicyclic amines) is 1. The Morgan fingerprint density at radius 2 is 1.96 bits per heavy atom. The van der Waals surface area contributed by atoms with Crippen molar-refractivity contribution in [3.05, 3.63) is 34.4 Å². The van der Waals surface area contributed by atoms with Crippen molar-refractivity contribution in [2.75, 3.05) is 33.3 Å². The van der Waals surface area contributed by atoms with E-state index in [9.17, 15) is 14.9 Å². The Labute approximate surface area is 141 Å². The van der Waals surface area contributed by atoms with Crippen LogP contribution in [0.15, 0.2) is 24.3 Å². The zero-order valence-electron chi connectivity index (χ0n) is 13.1. The van der Waals surface area contributed by atoms with Gasteiger partial charge in [-0.1, -0.05) is 0 Å². The summed E-state index contributed by atoms with van der Waals surface area (Å²) in [5.41, 5.74) is 0.00489. The average molecular weight is 344 g/mol. The molecule has 1 amide bonds. The number of ether oxygens (including phenoxy) is 1. The van der Waals surface area contributed by atoms with Gasteiger partial charge in [0.1, 0.15) is 5.75 Å². The number of nitro benzene ring substituents is 1. The largest absolute Gasteiger partial charge is 0.484 e. The van der Waals surface area contributed by atoms with Gasteiger partial charge in [-0.3, -0.25) is 14.9 Å². The summed E-state index contributed by atoms with van der Waals surface area (Å²) in [7, 11) is 1.94. The third-order valence-corrected chi connectivity index (χ3v) is 3.87. The number of amides is 1. The lowest BCUT2D eigenvalue weighted by atomic mass is 9.97. The first-order valence-electron chi connectivity index (χ1n) is 7.39. The lowest BCUT2D eigenvalue weighted by Crippen LogP contribution is -2.42. The maximum atomic E-state index is 12.1. The molecule has 0 aliphatic carbocycles. The summed E-state index contributed by atoms with van der Waals surface area (Å²) in [6, 6.07) is 5.74. The molecule has 0 radical (unpaired) electrons. The first kappa shape index (κ1) is 19.2. The van der Waals surface area contributed by atoms with Crippen molar-refractivity contribution in [1.29, 1.82) is 0 Å². The molecular formula is C15H22ClN3O4. The smallest absolute Gasteiger partial charge is 0.269 e. The standard InChI is InChI=1S/C15H21N3O4.ClH/c1-16-10-12-6-8-17(9-7-12)15(19)11-22-14-4-2-13(3-5-14)18(20)21;/h2-5,12,16H,6-11H2,1H3;1H. The zero-order valence-corrected chi connectivity index (χ0v) is 13.9. The predicted octanol–water partition coefficient (Wildman–Crippen LogP) is 1.85. The number of hydrogen-bond donors (Lipinski definition) is 1. The Morgan fingerprint density at radius 1 is 1.35 bits per heavy atom. The number of benzene rings is 1. The van der Waals surface area contributed by atoms with Crippen molar-refractivity contribution < 1.29 is 14.5 Å². The van der Waals surface area contributed by atoms with E-state index in [1.54, 1.807) is 0 Å². The molecular weight excluding hydrogens is 322 g/mol. The quantitative estimate of drug-likeness (QED) is 0.629. The Morgan fingerprint density at radius 3 is 2.48 bits per heavy atom. The molecule has 1 heterocycles. The number of nitrogens with zero attached hydrogens (tertiary/aromatic N) is 2. The molecule has 1 aromatic carbocycles. The third kappa shape index (κ3) is 5.69. The van der Waals surface area contributed by atoms with E-state index in [0.29, 0.717) is 11.7 Å². The highest BCUT2D eigenvalue weighted by atomic mass is 35.5. The van der Waals surface area contributed by atoms with E-state index in [-0.39, 0.29) is 30.6 Å². The fourth-order valence-corrected chi connectivity index (χ4v) is 2.58. The number of rotatable bonds is 6. The Kier molecular flexibility index (Phi) is 7.77. The molecule has 23 heavy (non-hydrogen) atoms. The molecule has 1 saturated heterocycles. The fraction of sp³-hybridized carbons (Fsp3) is 0.533. The SMILES string of the molecule is CNCC1CCN(C(=O)COc2ccc([N+](=O)[O-])cc2)CC1.Cl. The topological polar surface area (TPSA) is 84.7 Å². The van der Waals surface area contributed by atoms with Crippen LogP contribution in [0, 0.1) is 16.0 Å². The number of piperidine rings is 1. The molecule has 128 valence electrons. The van der Waals surface area contributed by atoms with Gasteiger partial charge in [-0.2, -0.15) is 0 Å². The van der Waals surface area contributed by atoms with Crippen LogP contribution in [-0.2, 0) is 4.79 Å². The Hall–Kier alpha value is -1.86. The molecule has 1 fully saturated rings.